The molecular weight excluding hydrogens is 464 g/mol. The summed E-state index contributed by atoms with van der Waals surface area (Å²) < 4.78 is 0. The van der Waals surface area contributed by atoms with Gasteiger partial charge in [0.15, 0.2) is 0 Å². The summed E-state index contributed by atoms with van der Waals surface area (Å²) in [5.41, 5.74) is 0. The Kier molecular flexibility index (Phi) is 19.7. The van der Waals surface area contributed by atoms with Crippen molar-refractivity contribution < 1.29 is 46.8 Å². The summed E-state index contributed by atoms with van der Waals surface area (Å²) in [5.74, 6) is -1.38. The van der Waals surface area contributed by atoms with E-state index in [1.807, 2.05) is 0 Å². The van der Waals surface area contributed by atoms with Gasteiger partial charge >= 0.3 is 17.1 Å². The number of carbonyl (C=O) groups excluding carboxylic acids is 3. The minimum absolute atomic E-state index is 0. The van der Waals surface area contributed by atoms with Gasteiger partial charge in [-0.1, -0.05) is 109 Å². The van der Waals surface area contributed by atoms with Crippen LogP contribution in [-0.4, -0.2) is 17.9 Å². The first-order chi connectivity index (χ1) is 15.4. The van der Waals surface area contributed by atoms with Crippen molar-refractivity contribution in [2.24, 2.45) is 17.8 Å². The van der Waals surface area contributed by atoms with Crippen LogP contribution in [0.2, 0.25) is 0 Å². The molecule has 4 aliphatic rings. The van der Waals surface area contributed by atoms with Crippen LogP contribution in [0, 0.1) is 17.8 Å². The summed E-state index contributed by atoms with van der Waals surface area (Å²) in [6.45, 7) is 0. The molecule has 0 atom stereocenters. The van der Waals surface area contributed by atoms with Gasteiger partial charge in [0, 0.05) is 17.9 Å². The molecule has 0 aromatic carbocycles. The van der Waals surface area contributed by atoms with E-state index in [-0.39, 0.29) is 36.3 Å². The fourth-order valence-electron chi connectivity index (χ4n) is 5.23. The number of carbonyl (C=O) groups is 3. The molecule has 0 aliphatic heterocycles. The maximum Gasteiger partial charge on any atom is 3.00 e. The molecule has 0 aromatic rings. The van der Waals surface area contributed by atoms with E-state index in [4.69, 9.17) is 0 Å². The van der Waals surface area contributed by atoms with Crippen molar-refractivity contribution in [2.45, 2.75) is 128 Å². The summed E-state index contributed by atoms with van der Waals surface area (Å²) in [5, 5.41) is 30.1. The Labute approximate surface area is 210 Å². The zero-order valence-corrected chi connectivity index (χ0v) is 21.3. The fourth-order valence-corrected chi connectivity index (χ4v) is 5.23. The number of carboxylic acid groups (broad SMARTS) is 3. The smallest absolute Gasteiger partial charge is 0.550 e. The molecule has 6 nitrogen and oxygen atoms in total. The standard InChI is InChI=1S/3C7H12O2.C5H10.Fe/c3*8-7(9)5-6-3-1-2-4-6;1-2-4-5-3-1;/h3*6H,1-5H2,(H,8,9);1-5H2;/q;;;;+3/p-3. The van der Waals surface area contributed by atoms with Crippen LogP contribution in [0.3, 0.4) is 0 Å². The Morgan fingerprint density at radius 3 is 0.758 bits per heavy atom. The third kappa shape index (κ3) is 19.0. The predicted octanol–water partition coefficient (Wildman–Crippen LogP) is 2.90. The van der Waals surface area contributed by atoms with Gasteiger partial charge in [0.05, 0.1) is 0 Å². The quantitative estimate of drug-likeness (QED) is 0.510. The monoisotopic (exact) mass is 507 g/mol. The van der Waals surface area contributed by atoms with Crippen molar-refractivity contribution in [1.29, 1.82) is 0 Å². The average molecular weight is 507 g/mol. The number of hydrogen-bond donors (Lipinski definition) is 0. The van der Waals surface area contributed by atoms with Crippen LogP contribution in [-0.2, 0) is 31.5 Å². The van der Waals surface area contributed by atoms with Crippen LogP contribution in [0.4, 0.5) is 0 Å². The molecule has 0 N–H and O–H groups in total. The van der Waals surface area contributed by atoms with Gasteiger partial charge in [-0.3, -0.25) is 0 Å². The fraction of sp³-hybridized carbons (Fsp3) is 0.885. The molecule has 0 bridgehead atoms. The molecule has 0 aromatic heterocycles. The topological polar surface area (TPSA) is 120 Å². The normalized spacial score (nSPS) is 20.4. The first kappa shape index (κ1) is 31.9. The molecule has 4 aliphatic carbocycles. The van der Waals surface area contributed by atoms with Crippen molar-refractivity contribution >= 4 is 17.9 Å². The second-order valence-electron chi connectivity index (χ2n) is 9.95. The van der Waals surface area contributed by atoms with Gasteiger partial charge in [-0.25, -0.2) is 0 Å². The molecule has 0 heterocycles. The molecule has 33 heavy (non-hydrogen) atoms. The predicted molar refractivity (Wildman–Crippen MR) is 118 cm³/mol. The summed E-state index contributed by atoms with van der Waals surface area (Å²) in [6.07, 6.45) is 22.1. The average Bonchev–Trinajstić information content (AvgIpc) is 3.51. The molecule has 0 amide bonds. The molecule has 0 unspecified atom stereocenters. The van der Waals surface area contributed by atoms with Crippen LogP contribution in [0.15, 0.2) is 0 Å². The molecule has 7 heteroatoms. The van der Waals surface area contributed by atoms with Gasteiger partial charge in [0.1, 0.15) is 0 Å². The third-order valence-electron chi connectivity index (χ3n) is 7.04. The van der Waals surface area contributed by atoms with Gasteiger partial charge in [-0.2, -0.15) is 0 Å². The van der Waals surface area contributed by atoms with Crippen LogP contribution < -0.4 is 15.3 Å². The van der Waals surface area contributed by atoms with Crippen LogP contribution in [0.5, 0.6) is 0 Å². The molecule has 191 valence electrons. The first-order valence-electron chi connectivity index (χ1n) is 13.0. The molecule has 0 spiro atoms. The number of aliphatic carboxylic acids is 3. The molecule has 4 saturated carbocycles. The Morgan fingerprint density at radius 2 is 0.606 bits per heavy atom. The van der Waals surface area contributed by atoms with E-state index < -0.39 is 17.9 Å². The van der Waals surface area contributed by atoms with Gasteiger partial charge in [-0.05, 0) is 37.0 Å². The maximum absolute atomic E-state index is 10.0. The van der Waals surface area contributed by atoms with Crippen molar-refractivity contribution in [2.75, 3.05) is 0 Å². The van der Waals surface area contributed by atoms with Gasteiger partial charge in [0.2, 0.25) is 0 Å². The Bertz CT molecular complexity index is 443. The van der Waals surface area contributed by atoms with Crippen molar-refractivity contribution in [3.8, 4) is 0 Å². The van der Waals surface area contributed by atoms with E-state index in [9.17, 15) is 29.7 Å². The largest absolute Gasteiger partial charge is 3.00 e. The minimum atomic E-state index is -0.887. The van der Waals surface area contributed by atoms with Crippen molar-refractivity contribution in [3.63, 3.8) is 0 Å². The van der Waals surface area contributed by atoms with Crippen LogP contribution in [0.1, 0.15) is 128 Å². The summed E-state index contributed by atoms with van der Waals surface area (Å²) >= 11 is 0. The van der Waals surface area contributed by atoms with Crippen molar-refractivity contribution in [1.82, 2.24) is 0 Å². The second-order valence-corrected chi connectivity index (χ2v) is 9.95. The maximum atomic E-state index is 10.0. The second kappa shape index (κ2) is 20.3. The first-order valence-corrected chi connectivity index (χ1v) is 13.0. The summed E-state index contributed by atoms with van der Waals surface area (Å²) in [4.78, 5) is 30.1. The minimum Gasteiger partial charge on any atom is -0.550 e. The molecule has 4 fully saturated rings. The van der Waals surface area contributed by atoms with Gasteiger partial charge < -0.3 is 29.7 Å². The number of rotatable bonds is 6. The van der Waals surface area contributed by atoms with E-state index in [1.54, 1.807) is 0 Å². The SMILES string of the molecule is C1CCCC1.O=C([O-])CC1CCCC1.O=C([O-])CC1CCCC1.O=C([O-])CC1CCCC1.[Fe+3]. The van der Waals surface area contributed by atoms with Crippen molar-refractivity contribution in [3.05, 3.63) is 0 Å². The summed E-state index contributed by atoms with van der Waals surface area (Å²) in [6, 6.07) is 0. The Morgan fingerprint density at radius 1 is 0.424 bits per heavy atom. The molecule has 1 radical (unpaired) electrons. The zero-order valence-electron chi connectivity index (χ0n) is 20.2. The van der Waals surface area contributed by atoms with E-state index in [0.29, 0.717) is 17.8 Å². The zero-order chi connectivity index (χ0) is 23.6. The third-order valence-corrected chi connectivity index (χ3v) is 7.04. The van der Waals surface area contributed by atoms with Gasteiger partial charge in [-0.15, -0.1) is 0 Å². The summed E-state index contributed by atoms with van der Waals surface area (Å²) in [7, 11) is 0. The van der Waals surface area contributed by atoms with Gasteiger partial charge in [0.25, 0.3) is 0 Å². The van der Waals surface area contributed by atoms with Crippen LogP contribution in [0.25, 0.3) is 0 Å². The van der Waals surface area contributed by atoms with E-state index in [2.05, 4.69) is 0 Å². The van der Waals surface area contributed by atoms with E-state index in [0.717, 1.165) is 38.5 Å². The Balaban J connectivity index is 0.000000417. The molecular formula is C26H43FeO6. The Hall–Kier alpha value is -1.07. The number of hydrogen-bond acceptors (Lipinski definition) is 6. The number of carboxylic acids is 3. The van der Waals surface area contributed by atoms with E-state index in [1.165, 1.54) is 70.6 Å². The molecule has 4 rings (SSSR count). The van der Waals surface area contributed by atoms with E-state index >= 15 is 0 Å². The van der Waals surface area contributed by atoms with Crippen LogP contribution >= 0.6 is 0 Å². The molecule has 0 saturated heterocycles.